The summed E-state index contributed by atoms with van der Waals surface area (Å²) >= 11 is 1.97. The van der Waals surface area contributed by atoms with Gasteiger partial charge in [-0.05, 0) is 0 Å². The van der Waals surface area contributed by atoms with E-state index in [-0.39, 0.29) is 4.54 Å². The zero-order valence-electron chi connectivity index (χ0n) is 2.89. The van der Waals surface area contributed by atoms with E-state index in [0.29, 0.717) is 0 Å². The molecule has 0 fully saturated rings. The van der Waals surface area contributed by atoms with Crippen LogP contribution in [0.5, 0.6) is 0 Å². The van der Waals surface area contributed by atoms with Crippen molar-refractivity contribution in [2.24, 2.45) is 0 Å². The third-order valence-corrected chi connectivity index (χ3v) is 0.573. The maximum atomic E-state index is 8.14. The Kier molecular flexibility index (Phi) is 2.80. The Morgan fingerprint density at radius 2 is 2.20 bits per heavy atom. The molecule has 29 valence electrons. The number of hydrogen-bond acceptors (Lipinski definition) is 2. The molecule has 5 heavy (non-hydrogen) atoms. The van der Waals surface area contributed by atoms with Crippen LogP contribution in [0.1, 0.15) is 0 Å². The van der Waals surface area contributed by atoms with Crippen molar-refractivity contribution >= 4 is 4.54 Å². The molecule has 0 aromatic carbocycles. The number of rotatable bonds is 1. The van der Waals surface area contributed by atoms with Crippen molar-refractivity contribution in [1.82, 2.24) is 5.32 Å². The fraction of sp³-hybridized carbons (Fsp3) is 0.500. The Morgan fingerprint density at radius 1 is 2.00 bits per heavy atom. The van der Waals surface area contributed by atoms with Crippen LogP contribution < -0.4 is 5.32 Å². The van der Waals surface area contributed by atoms with Crippen molar-refractivity contribution in [3.8, 4) is 0 Å². The predicted molar refractivity (Wildman–Crippen MR) is 16.0 cm³/mol. The van der Waals surface area contributed by atoms with Crippen LogP contribution >= 0.6 is 0 Å². The second-order valence-corrected chi connectivity index (χ2v) is 1.24. The first-order valence-electron chi connectivity index (χ1n) is 1.20. The van der Waals surface area contributed by atoms with Gasteiger partial charge in [-0.15, -0.1) is 0 Å². The van der Waals surface area contributed by atoms with Crippen molar-refractivity contribution in [1.29, 1.82) is 0 Å². The standard InChI is InChI=1S/C2H5NO.V/c1-3-2-4;/h3-4H,1H3;. The predicted octanol–water partition coefficient (Wildman–Crippen LogP) is -0.788. The van der Waals surface area contributed by atoms with Crippen molar-refractivity contribution in [2.45, 2.75) is 0 Å². The summed E-state index contributed by atoms with van der Waals surface area (Å²) < 4.78 is 0.192. The normalized spacial score (nSPS) is 7.40. The van der Waals surface area contributed by atoms with Gasteiger partial charge in [0.15, 0.2) is 0 Å². The van der Waals surface area contributed by atoms with Crippen LogP contribution in [0.2, 0.25) is 0 Å². The average Bonchev–Trinajstić information content (AvgIpc) is 1.38. The molecule has 0 aliphatic heterocycles. The molecule has 0 atom stereocenters. The Morgan fingerprint density at radius 3 is 2.20 bits per heavy atom. The third kappa shape index (κ3) is 4.37. The fourth-order valence-corrected chi connectivity index (χ4v) is 0. The zero-order chi connectivity index (χ0) is 4.28. The third-order valence-electron chi connectivity index (χ3n) is 0.224. The molecule has 0 aromatic rings. The molecule has 0 amide bonds. The van der Waals surface area contributed by atoms with Crippen LogP contribution in [0.3, 0.4) is 0 Å². The molecular weight excluding hydrogens is 105 g/mol. The summed E-state index contributed by atoms with van der Waals surface area (Å²) in [7, 11) is 1.65. The van der Waals surface area contributed by atoms with Gasteiger partial charge in [-0.2, -0.15) is 0 Å². The number of nitrogens with one attached hydrogen (secondary N) is 1. The van der Waals surface area contributed by atoms with Gasteiger partial charge in [-0.3, -0.25) is 0 Å². The molecule has 3 heteroatoms. The molecule has 0 aliphatic rings. The van der Waals surface area contributed by atoms with Gasteiger partial charge in [-0.25, -0.2) is 0 Å². The molecule has 0 rings (SSSR count). The Bertz CT molecular complexity index is 44.9. The van der Waals surface area contributed by atoms with E-state index in [1.165, 1.54) is 0 Å². The summed E-state index contributed by atoms with van der Waals surface area (Å²) in [6.45, 7) is 0. The van der Waals surface area contributed by atoms with E-state index in [2.05, 4.69) is 5.32 Å². The fourth-order valence-electron chi connectivity index (χ4n) is 0. The molecule has 0 heterocycles. The first kappa shape index (κ1) is 5.37. The summed E-state index contributed by atoms with van der Waals surface area (Å²) in [5.74, 6) is 0. The van der Waals surface area contributed by atoms with Crippen LogP contribution in [-0.4, -0.2) is 16.7 Å². The maximum absolute atomic E-state index is 8.14. The topological polar surface area (TPSA) is 32.3 Å². The van der Waals surface area contributed by atoms with Gasteiger partial charge >= 0.3 is 39.0 Å². The van der Waals surface area contributed by atoms with E-state index in [1.807, 2.05) is 17.0 Å². The molecule has 2 N–H and O–H groups in total. The minimum atomic E-state index is 0.192. The Balaban J connectivity index is 2.85. The molecule has 0 aliphatic carbocycles. The SMILES string of the molecule is CN[C](O)=[V]. The van der Waals surface area contributed by atoms with E-state index in [4.69, 9.17) is 5.11 Å². The van der Waals surface area contributed by atoms with Gasteiger partial charge < -0.3 is 0 Å². The zero-order valence-corrected chi connectivity index (χ0v) is 4.29. The van der Waals surface area contributed by atoms with Gasteiger partial charge in [0.25, 0.3) is 0 Å². The molecule has 0 radical (unpaired) electrons. The molecule has 0 unspecified atom stereocenters. The molecule has 0 aromatic heterocycles. The minimum absolute atomic E-state index is 0.192. The quantitative estimate of drug-likeness (QED) is 0.463. The Hall–Kier alpha value is 0.374. The number of hydrogen-bond donors (Lipinski definition) is 2. The summed E-state index contributed by atoms with van der Waals surface area (Å²) in [6, 6.07) is 0. The second-order valence-electron chi connectivity index (χ2n) is 0.574. The van der Waals surface area contributed by atoms with Crippen molar-refractivity contribution in [3.05, 3.63) is 0 Å². The summed E-state index contributed by atoms with van der Waals surface area (Å²) in [6.07, 6.45) is 0. The Labute approximate surface area is 39.7 Å². The van der Waals surface area contributed by atoms with Gasteiger partial charge in [0.1, 0.15) is 0 Å². The number of aliphatic hydroxyl groups excluding tert-OH is 1. The summed E-state index contributed by atoms with van der Waals surface area (Å²) in [5.41, 5.74) is 0. The van der Waals surface area contributed by atoms with Crippen LogP contribution in [0.4, 0.5) is 0 Å². The number of aliphatic hydroxyl groups is 1. The van der Waals surface area contributed by atoms with Gasteiger partial charge in [0.05, 0.1) is 0 Å². The van der Waals surface area contributed by atoms with Crippen molar-refractivity contribution in [3.63, 3.8) is 0 Å². The van der Waals surface area contributed by atoms with Gasteiger partial charge in [0, 0.05) is 0 Å². The first-order chi connectivity index (χ1) is 2.27. The van der Waals surface area contributed by atoms with E-state index >= 15 is 0 Å². The molecule has 2 nitrogen and oxygen atoms in total. The monoisotopic (exact) mass is 110 g/mol. The average molecular weight is 110 g/mol. The van der Waals surface area contributed by atoms with Crippen LogP contribution in [0, 0.1) is 0 Å². The summed E-state index contributed by atoms with van der Waals surface area (Å²) in [4.78, 5) is 0. The van der Waals surface area contributed by atoms with Crippen LogP contribution in [-0.2, 0) is 17.0 Å². The van der Waals surface area contributed by atoms with E-state index in [0.717, 1.165) is 0 Å². The first-order valence-corrected chi connectivity index (χ1v) is 1.90. The van der Waals surface area contributed by atoms with E-state index in [9.17, 15) is 0 Å². The van der Waals surface area contributed by atoms with Crippen LogP contribution in [0.15, 0.2) is 0 Å². The molecule has 0 spiro atoms. The molecule has 0 saturated carbocycles. The molecular formula is C2H5NOV. The van der Waals surface area contributed by atoms with Gasteiger partial charge in [0.2, 0.25) is 0 Å². The van der Waals surface area contributed by atoms with Crippen molar-refractivity contribution < 1.29 is 22.1 Å². The molecule has 0 saturated heterocycles. The summed E-state index contributed by atoms with van der Waals surface area (Å²) in [5, 5.41) is 10.6. The van der Waals surface area contributed by atoms with Gasteiger partial charge in [-0.1, -0.05) is 0 Å². The second kappa shape index (κ2) is 2.60. The molecule has 0 bridgehead atoms. The van der Waals surface area contributed by atoms with Crippen molar-refractivity contribution in [2.75, 3.05) is 7.05 Å². The van der Waals surface area contributed by atoms with E-state index in [1.54, 1.807) is 7.05 Å². The van der Waals surface area contributed by atoms with E-state index < -0.39 is 0 Å². The van der Waals surface area contributed by atoms with Crippen LogP contribution in [0.25, 0.3) is 0 Å².